The number of benzene rings is 2. The summed E-state index contributed by atoms with van der Waals surface area (Å²) in [7, 11) is 0. The molecule has 164 valence electrons. The number of fused-ring (bicyclic) bond motifs is 1. The van der Waals surface area contributed by atoms with Gasteiger partial charge in [-0.1, -0.05) is 42.5 Å². The molecule has 32 heavy (non-hydrogen) atoms. The Morgan fingerprint density at radius 3 is 2.38 bits per heavy atom. The Kier molecular flexibility index (Phi) is 5.39. The maximum Gasteiger partial charge on any atom is 0.327 e. The van der Waals surface area contributed by atoms with Gasteiger partial charge in [-0.3, -0.25) is 19.6 Å². The summed E-state index contributed by atoms with van der Waals surface area (Å²) in [5, 5.41) is 2.21. The number of hydrogen-bond donors (Lipinski definition) is 0. The molecule has 2 aromatic carbocycles. The summed E-state index contributed by atoms with van der Waals surface area (Å²) in [5.41, 5.74) is 1.51. The summed E-state index contributed by atoms with van der Waals surface area (Å²) >= 11 is 0. The van der Waals surface area contributed by atoms with E-state index >= 15 is 0 Å². The maximum atomic E-state index is 13.7. The molecule has 0 bridgehead atoms. The van der Waals surface area contributed by atoms with Crippen LogP contribution in [0.4, 0.5) is 4.79 Å². The molecule has 1 aromatic heterocycles. The Balaban J connectivity index is 1.36. The van der Waals surface area contributed by atoms with Gasteiger partial charge in [0.2, 0.25) is 0 Å². The first kappa shape index (κ1) is 20.6. The number of likely N-dealkylation sites (N-methyl/N-ethyl adjacent to an activating group) is 1. The molecule has 2 aliphatic rings. The molecule has 3 aromatic rings. The van der Waals surface area contributed by atoms with E-state index in [1.54, 1.807) is 0 Å². The first-order chi connectivity index (χ1) is 15.6. The van der Waals surface area contributed by atoms with Gasteiger partial charge in [-0.2, -0.15) is 0 Å². The van der Waals surface area contributed by atoms with Crippen LogP contribution in [0.15, 0.2) is 67.0 Å². The second-order valence-electron chi connectivity index (χ2n) is 8.72. The highest BCUT2D eigenvalue weighted by Crippen LogP contribution is 2.38. The number of rotatable bonds is 5. The SMILES string of the molecule is CCN1C(=O)N(Cc2cccc3ccccc23)C(=O)C12CCN(Cc1ccncc1)CC2. The average molecular weight is 429 g/mol. The Morgan fingerprint density at radius 2 is 1.62 bits per heavy atom. The van der Waals surface area contributed by atoms with Crippen LogP contribution in [-0.4, -0.2) is 56.8 Å². The standard InChI is InChI=1S/C26H28N4O2/c1-2-30-25(32)29(19-22-8-5-7-21-6-3-4-9-23(21)22)24(31)26(30)12-16-28(17-13-26)18-20-10-14-27-15-11-20/h3-11,14-15H,2,12-13,16-19H2,1H3. The largest absolute Gasteiger partial charge is 0.327 e. The number of amides is 3. The first-order valence-electron chi connectivity index (χ1n) is 11.3. The Bertz CT molecular complexity index is 1130. The van der Waals surface area contributed by atoms with Crippen LogP contribution in [0.2, 0.25) is 0 Å². The minimum Gasteiger partial charge on any atom is -0.310 e. The van der Waals surface area contributed by atoms with E-state index in [0.717, 1.165) is 36.0 Å². The van der Waals surface area contributed by atoms with Crippen LogP contribution in [-0.2, 0) is 17.9 Å². The molecule has 1 spiro atoms. The van der Waals surface area contributed by atoms with E-state index in [2.05, 4.69) is 28.1 Å². The number of carbonyl (C=O) groups is 2. The molecular formula is C26H28N4O2. The van der Waals surface area contributed by atoms with E-state index in [1.165, 1.54) is 10.5 Å². The molecule has 2 fully saturated rings. The van der Waals surface area contributed by atoms with Gasteiger partial charge in [0, 0.05) is 38.6 Å². The highest BCUT2D eigenvalue weighted by Gasteiger charge is 2.57. The molecule has 0 saturated carbocycles. The third kappa shape index (κ3) is 3.45. The van der Waals surface area contributed by atoms with Crippen molar-refractivity contribution in [2.45, 2.75) is 38.4 Å². The number of imide groups is 1. The molecule has 6 heteroatoms. The molecule has 0 N–H and O–H groups in total. The fourth-order valence-corrected chi connectivity index (χ4v) is 5.27. The number of piperidine rings is 1. The van der Waals surface area contributed by atoms with Crippen LogP contribution < -0.4 is 0 Å². The normalized spacial score (nSPS) is 18.8. The number of likely N-dealkylation sites (tertiary alicyclic amines) is 1. The van der Waals surface area contributed by atoms with Crippen LogP contribution in [0.3, 0.4) is 0 Å². The average Bonchev–Trinajstić information content (AvgIpc) is 3.02. The van der Waals surface area contributed by atoms with Gasteiger partial charge in [-0.05, 0) is 53.8 Å². The third-order valence-electron chi connectivity index (χ3n) is 6.99. The van der Waals surface area contributed by atoms with Crippen LogP contribution in [0, 0.1) is 0 Å². The molecule has 2 aliphatic heterocycles. The second-order valence-corrected chi connectivity index (χ2v) is 8.72. The Labute approximate surface area is 188 Å². The molecule has 2 saturated heterocycles. The molecule has 0 atom stereocenters. The van der Waals surface area contributed by atoms with Crippen molar-refractivity contribution in [1.29, 1.82) is 0 Å². The highest BCUT2D eigenvalue weighted by atomic mass is 16.2. The minimum atomic E-state index is -0.717. The fourth-order valence-electron chi connectivity index (χ4n) is 5.27. The molecule has 0 aliphatic carbocycles. The van der Waals surface area contributed by atoms with Gasteiger partial charge in [0.15, 0.2) is 0 Å². The number of hydrogen-bond acceptors (Lipinski definition) is 4. The van der Waals surface area contributed by atoms with Crippen molar-refractivity contribution in [3.8, 4) is 0 Å². The van der Waals surface area contributed by atoms with Crippen LogP contribution in [0.1, 0.15) is 30.9 Å². The smallest absolute Gasteiger partial charge is 0.310 e. The number of pyridine rings is 1. The van der Waals surface area contributed by atoms with Gasteiger partial charge in [-0.15, -0.1) is 0 Å². The van der Waals surface area contributed by atoms with Crippen molar-refractivity contribution in [3.63, 3.8) is 0 Å². The molecular weight excluding hydrogens is 400 g/mol. The summed E-state index contributed by atoms with van der Waals surface area (Å²) in [6.07, 6.45) is 4.96. The van der Waals surface area contributed by atoms with Gasteiger partial charge >= 0.3 is 6.03 Å². The Morgan fingerprint density at radius 1 is 0.906 bits per heavy atom. The van der Waals surface area contributed by atoms with E-state index < -0.39 is 5.54 Å². The lowest BCUT2D eigenvalue weighted by Gasteiger charge is -2.41. The molecule has 3 amide bonds. The van der Waals surface area contributed by atoms with Gasteiger partial charge in [0.25, 0.3) is 5.91 Å². The van der Waals surface area contributed by atoms with Crippen molar-refractivity contribution >= 4 is 22.7 Å². The predicted octanol–water partition coefficient (Wildman–Crippen LogP) is 4.05. The third-order valence-corrected chi connectivity index (χ3v) is 6.99. The second kappa shape index (κ2) is 8.36. The van der Waals surface area contributed by atoms with Crippen LogP contribution in [0.25, 0.3) is 10.8 Å². The Hall–Kier alpha value is -3.25. The maximum absolute atomic E-state index is 13.7. The van der Waals surface area contributed by atoms with Gasteiger partial charge in [0.1, 0.15) is 5.54 Å². The number of urea groups is 1. The van der Waals surface area contributed by atoms with Crippen LogP contribution in [0.5, 0.6) is 0 Å². The van der Waals surface area contributed by atoms with E-state index in [9.17, 15) is 9.59 Å². The van der Waals surface area contributed by atoms with Gasteiger partial charge < -0.3 is 4.90 Å². The fraction of sp³-hybridized carbons (Fsp3) is 0.346. The topological polar surface area (TPSA) is 56.8 Å². The van der Waals surface area contributed by atoms with Crippen molar-refractivity contribution in [2.75, 3.05) is 19.6 Å². The summed E-state index contributed by atoms with van der Waals surface area (Å²) in [6, 6.07) is 18.1. The zero-order valence-corrected chi connectivity index (χ0v) is 18.4. The molecule has 0 radical (unpaired) electrons. The zero-order chi connectivity index (χ0) is 22.1. The lowest BCUT2D eigenvalue weighted by molar-refractivity contribution is -0.136. The summed E-state index contributed by atoms with van der Waals surface area (Å²) in [4.78, 5) is 36.8. The summed E-state index contributed by atoms with van der Waals surface area (Å²) in [5.74, 6) is -0.0409. The molecule has 3 heterocycles. The van der Waals surface area contributed by atoms with E-state index in [-0.39, 0.29) is 11.9 Å². The number of aromatic nitrogens is 1. The number of nitrogens with zero attached hydrogens (tertiary/aromatic N) is 4. The van der Waals surface area contributed by atoms with E-state index in [1.807, 2.05) is 60.6 Å². The van der Waals surface area contributed by atoms with Gasteiger partial charge in [0.05, 0.1) is 6.54 Å². The van der Waals surface area contributed by atoms with E-state index in [0.29, 0.717) is 25.9 Å². The summed E-state index contributed by atoms with van der Waals surface area (Å²) < 4.78 is 0. The van der Waals surface area contributed by atoms with Crippen molar-refractivity contribution in [1.82, 2.24) is 19.7 Å². The molecule has 5 rings (SSSR count). The quantitative estimate of drug-likeness (QED) is 0.575. The van der Waals surface area contributed by atoms with Crippen molar-refractivity contribution in [2.24, 2.45) is 0 Å². The highest BCUT2D eigenvalue weighted by molar-refractivity contribution is 6.07. The van der Waals surface area contributed by atoms with Crippen molar-refractivity contribution < 1.29 is 9.59 Å². The summed E-state index contributed by atoms with van der Waals surface area (Å²) in [6.45, 7) is 5.25. The monoisotopic (exact) mass is 428 g/mol. The number of carbonyl (C=O) groups excluding carboxylic acids is 2. The lowest BCUT2D eigenvalue weighted by Crippen LogP contribution is -2.56. The van der Waals surface area contributed by atoms with Crippen LogP contribution >= 0.6 is 0 Å². The first-order valence-corrected chi connectivity index (χ1v) is 11.3. The molecule has 6 nitrogen and oxygen atoms in total. The minimum absolute atomic E-state index is 0.0409. The van der Waals surface area contributed by atoms with Gasteiger partial charge in [-0.25, -0.2) is 4.79 Å². The van der Waals surface area contributed by atoms with E-state index in [4.69, 9.17) is 0 Å². The predicted molar refractivity (Wildman–Crippen MR) is 124 cm³/mol. The lowest BCUT2D eigenvalue weighted by atomic mass is 9.85. The zero-order valence-electron chi connectivity index (χ0n) is 18.4. The van der Waals surface area contributed by atoms with Crippen molar-refractivity contribution in [3.05, 3.63) is 78.1 Å². The molecule has 0 unspecified atom stereocenters.